The fourth-order valence-electron chi connectivity index (χ4n) is 1.10. The van der Waals surface area contributed by atoms with Crippen molar-refractivity contribution in [2.75, 3.05) is 0 Å². The lowest BCUT2D eigenvalue weighted by Crippen LogP contribution is -2.05. The van der Waals surface area contributed by atoms with Crippen LogP contribution in [0, 0.1) is 0 Å². The number of hydrogen-bond donors (Lipinski definition) is 1. The summed E-state index contributed by atoms with van der Waals surface area (Å²) in [6.07, 6.45) is -3.90. The highest BCUT2D eigenvalue weighted by molar-refractivity contribution is 5.83. The van der Waals surface area contributed by atoms with Gasteiger partial charge in [-0.3, -0.25) is 4.98 Å². The SMILES string of the molecule is O=C(O)c1noc(-c2ccc(C(F)(F)F)cn2)n1. The van der Waals surface area contributed by atoms with Crippen molar-refractivity contribution in [1.29, 1.82) is 0 Å². The van der Waals surface area contributed by atoms with E-state index in [0.717, 1.165) is 12.1 Å². The summed E-state index contributed by atoms with van der Waals surface area (Å²) >= 11 is 0. The van der Waals surface area contributed by atoms with Gasteiger partial charge in [0.25, 0.3) is 11.7 Å². The predicted octanol–water partition coefficient (Wildman–Crippen LogP) is 1.85. The molecule has 18 heavy (non-hydrogen) atoms. The molecule has 0 aliphatic rings. The first-order valence-electron chi connectivity index (χ1n) is 4.48. The van der Waals surface area contributed by atoms with E-state index in [1.54, 1.807) is 0 Å². The quantitative estimate of drug-likeness (QED) is 0.885. The van der Waals surface area contributed by atoms with Gasteiger partial charge in [0.05, 0.1) is 5.56 Å². The number of nitrogens with zero attached hydrogens (tertiary/aromatic N) is 3. The predicted molar refractivity (Wildman–Crippen MR) is 49.5 cm³/mol. The number of aromatic carboxylic acids is 1. The number of alkyl halides is 3. The number of carboxylic acid groups (broad SMARTS) is 1. The molecular weight excluding hydrogens is 255 g/mol. The molecule has 0 spiro atoms. The normalized spacial score (nSPS) is 11.5. The van der Waals surface area contributed by atoms with E-state index in [2.05, 4.69) is 19.6 Å². The first kappa shape index (κ1) is 12.0. The zero-order valence-electron chi connectivity index (χ0n) is 8.47. The molecule has 0 radical (unpaired) electrons. The lowest BCUT2D eigenvalue weighted by Gasteiger charge is -2.04. The first-order valence-corrected chi connectivity index (χ1v) is 4.48. The standard InChI is InChI=1S/C9H4F3N3O3/c10-9(11,12)4-1-2-5(13-3-4)7-14-6(8(16)17)15-18-7/h1-3H,(H,16,17). The van der Waals surface area contributed by atoms with Crippen molar-refractivity contribution in [3.8, 4) is 11.6 Å². The van der Waals surface area contributed by atoms with Crippen LogP contribution in [0.3, 0.4) is 0 Å². The molecule has 2 rings (SSSR count). The fraction of sp³-hybridized carbons (Fsp3) is 0.111. The molecule has 0 saturated heterocycles. The molecule has 2 aromatic rings. The molecule has 9 heteroatoms. The zero-order valence-corrected chi connectivity index (χ0v) is 8.47. The summed E-state index contributed by atoms with van der Waals surface area (Å²) in [5, 5.41) is 11.7. The topological polar surface area (TPSA) is 89.1 Å². The number of aromatic nitrogens is 3. The van der Waals surface area contributed by atoms with Gasteiger partial charge in [0.2, 0.25) is 0 Å². The van der Waals surface area contributed by atoms with Crippen LogP contribution in [0.5, 0.6) is 0 Å². The molecule has 0 bridgehead atoms. The third-order valence-electron chi connectivity index (χ3n) is 1.93. The van der Waals surface area contributed by atoms with Crippen molar-refractivity contribution in [3.63, 3.8) is 0 Å². The molecule has 94 valence electrons. The second-order valence-electron chi connectivity index (χ2n) is 3.16. The van der Waals surface area contributed by atoms with Gasteiger partial charge < -0.3 is 9.63 Å². The van der Waals surface area contributed by atoms with Gasteiger partial charge in [-0.1, -0.05) is 0 Å². The average Bonchev–Trinajstić information content (AvgIpc) is 2.77. The highest BCUT2D eigenvalue weighted by Crippen LogP contribution is 2.29. The van der Waals surface area contributed by atoms with Gasteiger partial charge in [0.1, 0.15) is 5.69 Å². The maximum atomic E-state index is 12.3. The van der Waals surface area contributed by atoms with E-state index in [1.807, 2.05) is 0 Å². The van der Waals surface area contributed by atoms with Crippen LogP contribution in [0.25, 0.3) is 11.6 Å². The Morgan fingerprint density at radius 1 is 1.33 bits per heavy atom. The summed E-state index contributed by atoms with van der Waals surface area (Å²) < 4.78 is 41.3. The lowest BCUT2D eigenvalue weighted by molar-refractivity contribution is -0.137. The molecule has 1 N–H and O–H groups in total. The smallest absolute Gasteiger partial charge is 0.417 e. The Labute approximate surface area is 97.1 Å². The number of hydrogen-bond acceptors (Lipinski definition) is 5. The lowest BCUT2D eigenvalue weighted by atomic mass is 10.2. The summed E-state index contributed by atoms with van der Waals surface area (Å²) in [6, 6.07) is 1.80. The molecule has 0 atom stereocenters. The molecule has 0 aromatic carbocycles. The molecule has 0 saturated carbocycles. The Morgan fingerprint density at radius 3 is 2.50 bits per heavy atom. The van der Waals surface area contributed by atoms with Gasteiger partial charge in [-0.05, 0) is 17.3 Å². The van der Waals surface area contributed by atoms with E-state index in [-0.39, 0.29) is 11.6 Å². The average molecular weight is 259 g/mol. The van der Waals surface area contributed by atoms with E-state index < -0.39 is 23.5 Å². The van der Waals surface area contributed by atoms with Crippen LogP contribution in [-0.4, -0.2) is 26.2 Å². The van der Waals surface area contributed by atoms with Gasteiger partial charge in [-0.25, -0.2) is 4.79 Å². The van der Waals surface area contributed by atoms with Crippen LogP contribution in [0.4, 0.5) is 13.2 Å². The van der Waals surface area contributed by atoms with Crippen LogP contribution in [-0.2, 0) is 6.18 Å². The first-order chi connectivity index (χ1) is 8.38. The van der Waals surface area contributed by atoms with E-state index in [1.165, 1.54) is 0 Å². The van der Waals surface area contributed by atoms with Gasteiger partial charge in [-0.15, -0.1) is 0 Å². The van der Waals surface area contributed by atoms with Crippen molar-refractivity contribution in [1.82, 2.24) is 15.1 Å². The van der Waals surface area contributed by atoms with E-state index in [9.17, 15) is 18.0 Å². The molecular formula is C9H4F3N3O3. The highest BCUT2D eigenvalue weighted by Gasteiger charge is 2.31. The van der Waals surface area contributed by atoms with E-state index >= 15 is 0 Å². The zero-order chi connectivity index (χ0) is 13.3. The van der Waals surface area contributed by atoms with Crippen molar-refractivity contribution < 1.29 is 27.6 Å². The Hall–Kier alpha value is -2.45. The number of carbonyl (C=O) groups is 1. The molecule has 6 nitrogen and oxygen atoms in total. The van der Waals surface area contributed by atoms with Crippen molar-refractivity contribution in [2.45, 2.75) is 6.18 Å². The van der Waals surface area contributed by atoms with Crippen LogP contribution in [0.2, 0.25) is 0 Å². The molecule has 2 aromatic heterocycles. The van der Waals surface area contributed by atoms with Gasteiger partial charge in [0, 0.05) is 6.20 Å². The van der Waals surface area contributed by atoms with Crippen LogP contribution in [0.1, 0.15) is 16.2 Å². The Morgan fingerprint density at radius 2 is 2.06 bits per heavy atom. The van der Waals surface area contributed by atoms with E-state index in [0.29, 0.717) is 6.20 Å². The minimum atomic E-state index is -4.49. The highest BCUT2D eigenvalue weighted by atomic mass is 19.4. The number of rotatable bonds is 2. The summed E-state index contributed by atoms with van der Waals surface area (Å²) in [6.45, 7) is 0. The van der Waals surface area contributed by atoms with Gasteiger partial charge in [-0.2, -0.15) is 18.2 Å². The van der Waals surface area contributed by atoms with Gasteiger partial charge in [0.15, 0.2) is 0 Å². The minimum absolute atomic E-state index is 0.0389. The van der Waals surface area contributed by atoms with Crippen molar-refractivity contribution >= 4 is 5.97 Å². The largest absolute Gasteiger partial charge is 0.475 e. The van der Waals surface area contributed by atoms with Crippen molar-refractivity contribution in [3.05, 3.63) is 29.7 Å². The third-order valence-corrected chi connectivity index (χ3v) is 1.93. The third kappa shape index (κ3) is 2.29. The second kappa shape index (κ2) is 4.09. The monoisotopic (exact) mass is 259 g/mol. The number of pyridine rings is 1. The summed E-state index contributed by atoms with van der Waals surface area (Å²) in [4.78, 5) is 17.4. The number of halogens is 3. The molecule has 0 amide bonds. The molecule has 0 unspecified atom stereocenters. The van der Waals surface area contributed by atoms with Crippen LogP contribution < -0.4 is 0 Å². The number of carboxylic acids is 1. The maximum Gasteiger partial charge on any atom is 0.417 e. The van der Waals surface area contributed by atoms with Crippen LogP contribution in [0.15, 0.2) is 22.9 Å². The fourth-order valence-corrected chi connectivity index (χ4v) is 1.10. The molecule has 2 heterocycles. The summed E-state index contributed by atoms with van der Waals surface area (Å²) in [5.41, 5.74) is -0.966. The molecule has 0 aliphatic heterocycles. The second-order valence-corrected chi connectivity index (χ2v) is 3.16. The summed E-state index contributed by atoms with van der Waals surface area (Å²) in [7, 11) is 0. The van der Waals surface area contributed by atoms with Crippen molar-refractivity contribution in [2.24, 2.45) is 0 Å². The Kier molecular flexibility index (Phi) is 2.73. The summed E-state index contributed by atoms with van der Waals surface area (Å²) in [5.74, 6) is -2.26. The van der Waals surface area contributed by atoms with E-state index in [4.69, 9.17) is 5.11 Å². The Bertz CT molecular complexity index is 577. The Balaban J connectivity index is 2.31. The van der Waals surface area contributed by atoms with Crippen LogP contribution >= 0.6 is 0 Å². The van der Waals surface area contributed by atoms with Gasteiger partial charge >= 0.3 is 12.1 Å². The maximum absolute atomic E-state index is 12.3. The molecule has 0 aliphatic carbocycles. The molecule has 0 fully saturated rings. The minimum Gasteiger partial charge on any atom is -0.475 e.